The molecule has 0 unspecified atom stereocenters. The minimum absolute atomic E-state index is 0.641. The van der Waals surface area contributed by atoms with Gasteiger partial charge in [-0.2, -0.15) is 5.26 Å². The quantitative estimate of drug-likeness (QED) is 0.585. The van der Waals surface area contributed by atoms with Crippen LogP contribution in [-0.4, -0.2) is 15.0 Å². The Bertz CT molecular complexity index is 1050. The second-order valence-electron chi connectivity index (χ2n) is 5.41. The molecule has 2 aromatic heterocycles. The van der Waals surface area contributed by atoms with Crippen molar-refractivity contribution in [3.63, 3.8) is 0 Å². The molecule has 0 saturated heterocycles. The maximum Gasteiger partial charge on any atom is 0.116 e. The molecule has 110 valence electrons. The van der Waals surface area contributed by atoms with Gasteiger partial charge >= 0.3 is 0 Å². The van der Waals surface area contributed by atoms with Gasteiger partial charge in [-0.05, 0) is 49.4 Å². The summed E-state index contributed by atoms with van der Waals surface area (Å²) in [6, 6.07) is 15.5. The third-order valence-corrected chi connectivity index (χ3v) is 3.80. The minimum atomic E-state index is 0.641. The highest BCUT2D eigenvalue weighted by atomic mass is 14.9. The van der Waals surface area contributed by atoms with Crippen molar-refractivity contribution in [3.8, 4) is 6.07 Å². The average Bonchev–Trinajstić information content (AvgIpc) is 3.03. The fourth-order valence-corrected chi connectivity index (χ4v) is 2.76. The molecule has 5 heteroatoms. The number of hydrogen-bond acceptors (Lipinski definition) is 4. The normalized spacial score (nSPS) is 10.8. The predicted molar refractivity (Wildman–Crippen MR) is 90.6 cm³/mol. The smallest absolute Gasteiger partial charge is 0.116 e. The van der Waals surface area contributed by atoms with Crippen LogP contribution in [0, 0.1) is 18.3 Å². The number of H-pyrrole nitrogens is 1. The van der Waals surface area contributed by atoms with Crippen LogP contribution in [0.1, 0.15) is 11.3 Å². The second-order valence-corrected chi connectivity index (χ2v) is 5.41. The lowest BCUT2D eigenvalue weighted by Crippen LogP contribution is -1.95. The van der Waals surface area contributed by atoms with E-state index in [1.165, 1.54) is 0 Å². The Morgan fingerprint density at radius 2 is 1.91 bits per heavy atom. The van der Waals surface area contributed by atoms with E-state index in [1.54, 1.807) is 18.5 Å². The Balaban J connectivity index is 1.90. The molecule has 0 fully saturated rings. The van der Waals surface area contributed by atoms with Gasteiger partial charge in [0.25, 0.3) is 0 Å². The first-order chi connectivity index (χ1) is 11.2. The molecular formula is C18H13N5. The largest absolute Gasteiger partial charge is 0.358 e. The van der Waals surface area contributed by atoms with Crippen LogP contribution in [0.5, 0.6) is 0 Å². The summed E-state index contributed by atoms with van der Waals surface area (Å²) < 4.78 is 0. The minimum Gasteiger partial charge on any atom is -0.358 e. The van der Waals surface area contributed by atoms with Crippen molar-refractivity contribution in [3.05, 3.63) is 60.0 Å². The number of aromatic amines is 1. The molecular weight excluding hydrogens is 286 g/mol. The van der Waals surface area contributed by atoms with Gasteiger partial charge in [-0.15, -0.1) is 0 Å². The number of aryl methyl sites for hydroxylation is 1. The van der Waals surface area contributed by atoms with Crippen LogP contribution in [0.2, 0.25) is 0 Å². The van der Waals surface area contributed by atoms with Crippen molar-refractivity contribution >= 4 is 33.3 Å². The first-order valence-corrected chi connectivity index (χ1v) is 7.25. The molecule has 0 amide bonds. The van der Waals surface area contributed by atoms with Crippen LogP contribution in [0.3, 0.4) is 0 Å². The molecule has 0 radical (unpaired) electrons. The van der Waals surface area contributed by atoms with Gasteiger partial charge in [0.05, 0.1) is 22.8 Å². The number of nitriles is 1. The van der Waals surface area contributed by atoms with Crippen molar-refractivity contribution in [1.82, 2.24) is 15.0 Å². The SMILES string of the molecule is Cc1cc(Nc2ccc(C#N)cc2)c2c(ccc3ncnc32)[nH]1. The number of nitrogens with zero attached hydrogens (tertiary/aromatic N) is 3. The molecule has 23 heavy (non-hydrogen) atoms. The van der Waals surface area contributed by atoms with Crippen LogP contribution in [0.25, 0.3) is 21.9 Å². The van der Waals surface area contributed by atoms with Crippen LogP contribution in [0.4, 0.5) is 11.4 Å². The lowest BCUT2D eigenvalue weighted by atomic mass is 10.1. The third kappa shape index (κ3) is 2.27. The average molecular weight is 299 g/mol. The molecule has 0 aliphatic rings. The third-order valence-electron chi connectivity index (χ3n) is 3.80. The van der Waals surface area contributed by atoms with Gasteiger partial charge in [0.2, 0.25) is 0 Å². The zero-order valence-electron chi connectivity index (χ0n) is 12.5. The van der Waals surface area contributed by atoms with Crippen molar-refractivity contribution < 1.29 is 0 Å². The Hall–Kier alpha value is -3.39. The fourth-order valence-electron chi connectivity index (χ4n) is 2.76. The number of hydrogen-bond donors (Lipinski definition) is 2. The van der Waals surface area contributed by atoms with Crippen LogP contribution in [0.15, 0.2) is 48.8 Å². The Labute approximate surface area is 132 Å². The maximum atomic E-state index is 8.90. The Kier molecular flexibility index (Phi) is 2.95. The maximum absolute atomic E-state index is 8.90. The summed E-state index contributed by atoms with van der Waals surface area (Å²) >= 11 is 0. The molecule has 0 bridgehead atoms. The van der Waals surface area contributed by atoms with Crippen molar-refractivity contribution in [1.29, 1.82) is 5.26 Å². The summed E-state index contributed by atoms with van der Waals surface area (Å²) in [5.41, 5.74) is 6.33. The van der Waals surface area contributed by atoms with E-state index >= 15 is 0 Å². The van der Waals surface area contributed by atoms with E-state index in [0.29, 0.717) is 5.56 Å². The number of pyridine rings is 1. The van der Waals surface area contributed by atoms with Crippen LogP contribution >= 0.6 is 0 Å². The highest BCUT2D eigenvalue weighted by Gasteiger charge is 2.10. The molecule has 0 aliphatic heterocycles. The molecule has 0 aliphatic carbocycles. The summed E-state index contributed by atoms with van der Waals surface area (Å²) in [7, 11) is 0. The van der Waals surface area contributed by atoms with E-state index in [4.69, 9.17) is 5.26 Å². The predicted octanol–water partition coefficient (Wildman–Crippen LogP) is 4.03. The van der Waals surface area contributed by atoms with Crippen LogP contribution in [-0.2, 0) is 0 Å². The van der Waals surface area contributed by atoms with Gasteiger partial charge in [-0.25, -0.2) is 9.97 Å². The summed E-state index contributed by atoms with van der Waals surface area (Å²) in [5, 5.41) is 13.3. The van der Waals surface area contributed by atoms with Crippen LogP contribution < -0.4 is 5.32 Å². The topological polar surface area (TPSA) is 77.4 Å². The first-order valence-electron chi connectivity index (χ1n) is 7.25. The number of fused-ring (bicyclic) bond motifs is 3. The molecule has 0 saturated carbocycles. The van der Waals surface area contributed by atoms with Gasteiger partial charge in [0.1, 0.15) is 11.8 Å². The molecule has 2 aromatic carbocycles. The number of aromatic nitrogens is 3. The summed E-state index contributed by atoms with van der Waals surface area (Å²) in [6.07, 6.45) is 1.58. The summed E-state index contributed by atoms with van der Waals surface area (Å²) in [5.74, 6) is 0. The Morgan fingerprint density at radius 3 is 2.70 bits per heavy atom. The standard InChI is InChI=1S/C18H13N5/c1-11-8-16(23-13-4-2-12(9-19)3-5-13)17-14(22-11)6-7-15-18(17)21-10-20-15/h2-8,10,22-23H,1H3. The molecule has 4 rings (SSSR count). The lowest BCUT2D eigenvalue weighted by molar-refractivity contribution is 1.26. The second kappa shape index (κ2) is 5.11. The Morgan fingerprint density at radius 1 is 1.09 bits per heavy atom. The highest BCUT2D eigenvalue weighted by Crippen LogP contribution is 2.31. The van der Waals surface area contributed by atoms with Crippen molar-refractivity contribution in [2.45, 2.75) is 6.92 Å². The molecule has 5 nitrogen and oxygen atoms in total. The van der Waals surface area contributed by atoms with E-state index in [2.05, 4.69) is 32.4 Å². The molecule has 0 atom stereocenters. The monoisotopic (exact) mass is 299 g/mol. The van der Waals surface area contributed by atoms with E-state index in [1.807, 2.05) is 31.2 Å². The number of imidazole rings is 1. The molecule has 4 aromatic rings. The number of anilines is 2. The summed E-state index contributed by atoms with van der Waals surface area (Å²) in [4.78, 5) is 12.0. The highest BCUT2D eigenvalue weighted by molar-refractivity contribution is 6.10. The molecule has 2 heterocycles. The van der Waals surface area contributed by atoms with Crippen molar-refractivity contribution in [2.75, 3.05) is 5.32 Å². The van der Waals surface area contributed by atoms with E-state index in [0.717, 1.165) is 39.0 Å². The van der Waals surface area contributed by atoms with Gasteiger partial charge < -0.3 is 10.3 Å². The van der Waals surface area contributed by atoms with Gasteiger partial charge in [-0.1, -0.05) is 0 Å². The number of benzene rings is 2. The first kappa shape index (κ1) is 13.3. The van der Waals surface area contributed by atoms with Gasteiger partial charge in [0, 0.05) is 22.3 Å². The molecule has 2 N–H and O–H groups in total. The van der Waals surface area contributed by atoms with E-state index < -0.39 is 0 Å². The van der Waals surface area contributed by atoms with Gasteiger partial charge in [-0.3, -0.25) is 0 Å². The fraction of sp³-hybridized carbons (Fsp3) is 0.0556. The van der Waals surface area contributed by atoms with E-state index in [-0.39, 0.29) is 0 Å². The zero-order chi connectivity index (χ0) is 15.8. The number of rotatable bonds is 2. The van der Waals surface area contributed by atoms with Gasteiger partial charge in [0.15, 0.2) is 0 Å². The zero-order valence-corrected chi connectivity index (χ0v) is 12.5. The molecule has 0 spiro atoms. The lowest BCUT2D eigenvalue weighted by Gasteiger charge is -2.12. The summed E-state index contributed by atoms with van der Waals surface area (Å²) in [6.45, 7) is 2.02. The number of nitrogens with one attached hydrogen (secondary N) is 2. The van der Waals surface area contributed by atoms with Crippen molar-refractivity contribution in [2.24, 2.45) is 0 Å². The van der Waals surface area contributed by atoms with E-state index in [9.17, 15) is 0 Å².